The van der Waals surface area contributed by atoms with Crippen molar-refractivity contribution in [3.63, 3.8) is 0 Å². The molecule has 1 aliphatic heterocycles. The number of ketones is 1. The number of Topliss-reactive ketones (excluding diaryl/α,β-unsaturated/α-hetero) is 1. The summed E-state index contributed by atoms with van der Waals surface area (Å²) in [6.45, 7) is 8.00. The van der Waals surface area contributed by atoms with E-state index in [0.29, 0.717) is 11.3 Å². The average Bonchev–Trinajstić information content (AvgIpc) is 2.10. The molecule has 2 atom stereocenters. The van der Waals surface area contributed by atoms with Gasteiger partial charge in [-0.2, -0.15) is 0 Å². The van der Waals surface area contributed by atoms with Gasteiger partial charge in [0.2, 0.25) is 0 Å². The lowest BCUT2D eigenvalue weighted by Gasteiger charge is -2.38. The third-order valence-electron chi connectivity index (χ3n) is 2.78. The monoisotopic (exact) mass is 212 g/mol. The molecule has 4 heteroatoms. The standard InChI is InChI=1S/C11H16O4/c1-6-8(3)14-11(5,15-9(4)12)7(2)10(6)13/h7H,1-5H3. The maximum absolute atomic E-state index is 11.8. The van der Waals surface area contributed by atoms with E-state index >= 15 is 0 Å². The van der Waals surface area contributed by atoms with Crippen LogP contribution in [0.5, 0.6) is 0 Å². The van der Waals surface area contributed by atoms with Crippen molar-refractivity contribution in [3.05, 3.63) is 11.3 Å². The Kier molecular flexibility index (Phi) is 2.88. The molecule has 2 unspecified atom stereocenters. The summed E-state index contributed by atoms with van der Waals surface area (Å²) in [6, 6.07) is 0. The number of allylic oxidation sites excluding steroid dienone is 2. The summed E-state index contributed by atoms with van der Waals surface area (Å²) in [5, 5.41) is 0. The second-order valence-electron chi connectivity index (χ2n) is 3.98. The topological polar surface area (TPSA) is 52.6 Å². The number of carbonyl (C=O) groups excluding carboxylic acids is 2. The van der Waals surface area contributed by atoms with E-state index in [0.717, 1.165) is 0 Å². The van der Waals surface area contributed by atoms with Gasteiger partial charge in [0.05, 0.1) is 5.92 Å². The lowest BCUT2D eigenvalue weighted by atomic mass is 9.89. The van der Waals surface area contributed by atoms with Crippen molar-refractivity contribution in [2.45, 2.75) is 40.4 Å². The zero-order valence-electron chi connectivity index (χ0n) is 9.71. The Hall–Kier alpha value is -1.32. The highest BCUT2D eigenvalue weighted by Crippen LogP contribution is 2.34. The van der Waals surface area contributed by atoms with Gasteiger partial charge in [0.25, 0.3) is 5.79 Å². The zero-order valence-corrected chi connectivity index (χ0v) is 9.71. The van der Waals surface area contributed by atoms with Crippen LogP contribution in [-0.2, 0) is 19.1 Å². The van der Waals surface area contributed by atoms with E-state index < -0.39 is 17.7 Å². The molecule has 0 aromatic heterocycles. The van der Waals surface area contributed by atoms with Gasteiger partial charge in [-0.1, -0.05) is 0 Å². The molecule has 0 spiro atoms. The second-order valence-corrected chi connectivity index (χ2v) is 3.98. The van der Waals surface area contributed by atoms with E-state index in [-0.39, 0.29) is 5.78 Å². The van der Waals surface area contributed by atoms with Crippen LogP contribution in [0, 0.1) is 5.92 Å². The number of hydrogen-bond acceptors (Lipinski definition) is 4. The van der Waals surface area contributed by atoms with Gasteiger partial charge in [0, 0.05) is 19.4 Å². The largest absolute Gasteiger partial charge is 0.456 e. The fourth-order valence-electron chi connectivity index (χ4n) is 1.60. The third-order valence-corrected chi connectivity index (χ3v) is 2.78. The van der Waals surface area contributed by atoms with Crippen LogP contribution >= 0.6 is 0 Å². The molecule has 0 aromatic carbocycles. The molecule has 0 saturated carbocycles. The quantitative estimate of drug-likeness (QED) is 0.622. The third kappa shape index (κ3) is 2.03. The number of hydrogen-bond donors (Lipinski definition) is 0. The maximum atomic E-state index is 11.8. The fraction of sp³-hybridized carbons (Fsp3) is 0.636. The van der Waals surface area contributed by atoms with Gasteiger partial charge < -0.3 is 9.47 Å². The molecule has 0 N–H and O–H groups in total. The molecule has 0 bridgehead atoms. The molecular formula is C11H16O4. The van der Waals surface area contributed by atoms with Gasteiger partial charge in [-0.25, -0.2) is 0 Å². The van der Waals surface area contributed by atoms with Crippen LogP contribution in [0.15, 0.2) is 11.3 Å². The molecule has 0 radical (unpaired) electrons. The summed E-state index contributed by atoms with van der Waals surface area (Å²) in [5.41, 5.74) is 0.590. The van der Waals surface area contributed by atoms with Crippen molar-refractivity contribution in [2.75, 3.05) is 0 Å². The molecule has 0 aliphatic carbocycles. The number of rotatable bonds is 1. The predicted molar refractivity (Wildman–Crippen MR) is 53.8 cm³/mol. The maximum Gasteiger partial charge on any atom is 0.305 e. The smallest absolute Gasteiger partial charge is 0.305 e. The molecule has 4 nitrogen and oxygen atoms in total. The minimum Gasteiger partial charge on any atom is -0.456 e. The van der Waals surface area contributed by atoms with Gasteiger partial charge in [0.15, 0.2) is 5.78 Å². The van der Waals surface area contributed by atoms with Crippen molar-refractivity contribution in [3.8, 4) is 0 Å². The van der Waals surface area contributed by atoms with Crippen molar-refractivity contribution in [2.24, 2.45) is 5.92 Å². The Labute approximate surface area is 89.2 Å². The lowest BCUT2D eigenvalue weighted by molar-refractivity contribution is -0.228. The van der Waals surface area contributed by atoms with E-state index in [1.54, 1.807) is 27.7 Å². The zero-order chi connectivity index (χ0) is 11.8. The van der Waals surface area contributed by atoms with Crippen LogP contribution in [0.1, 0.15) is 34.6 Å². The first-order valence-electron chi connectivity index (χ1n) is 4.88. The molecule has 15 heavy (non-hydrogen) atoms. The first kappa shape index (κ1) is 11.8. The van der Waals surface area contributed by atoms with Crippen LogP contribution in [0.25, 0.3) is 0 Å². The van der Waals surface area contributed by atoms with Crippen LogP contribution < -0.4 is 0 Å². The normalized spacial score (nSPS) is 31.3. The molecule has 0 amide bonds. The number of ether oxygens (including phenoxy) is 2. The summed E-state index contributed by atoms with van der Waals surface area (Å²) in [7, 11) is 0. The minimum absolute atomic E-state index is 0.0394. The van der Waals surface area contributed by atoms with Crippen molar-refractivity contribution < 1.29 is 19.1 Å². The van der Waals surface area contributed by atoms with Crippen molar-refractivity contribution in [1.29, 1.82) is 0 Å². The van der Waals surface area contributed by atoms with Gasteiger partial charge >= 0.3 is 5.97 Å². The summed E-state index contributed by atoms with van der Waals surface area (Å²) in [4.78, 5) is 22.7. The first-order chi connectivity index (χ1) is 6.78. The van der Waals surface area contributed by atoms with E-state index in [9.17, 15) is 9.59 Å². The highest BCUT2D eigenvalue weighted by atomic mass is 16.7. The molecule has 0 aromatic rings. The van der Waals surface area contributed by atoms with E-state index in [1.807, 2.05) is 0 Å². The molecule has 0 saturated heterocycles. The highest BCUT2D eigenvalue weighted by Gasteiger charge is 2.45. The Balaban J connectivity index is 3.05. The summed E-state index contributed by atoms with van der Waals surface area (Å²) in [6.07, 6.45) is 0. The Morgan fingerprint density at radius 2 is 2.00 bits per heavy atom. The van der Waals surface area contributed by atoms with E-state index in [1.165, 1.54) is 6.92 Å². The Bertz CT molecular complexity index is 342. The second kappa shape index (κ2) is 3.68. The predicted octanol–water partition coefficient (Wildman–Crippen LogP) is 1.79. The molecular weight excluding hydrogens is 196 g/mol. The Morgan fingerprint density at radius 3 is 2.47 bits per heavy atom. The number of carbonyl (C=O) groups is 2. The summed E-state index contributed by atoms with van der Waals surface area (Å²) < 4.78 is 10.6. The Morgan fingerprint density at radius 1 is 1.47 bits per heavy atom. The highest BCUT2D eigenvalue weighted by molar-refractivity contribution is 5.98. The van der Waals surface area contributed by atoms with Crippen LogP contribution in [0.4, 0.5) is 0 Å². The molecule has 0 fully saturated rings. The van der Waals surface area contributed by atoms with Crippen LogP contribution in [0.2, 0.25) is 0 Å². The van der Waals surface area contributed by atoms with Crippen LogP contribution in [-0.4, -0.2) is 17.5 Å². The summed E-state index contributed by atoms with van der Waals surface area (Å²) >= 11 is 0. The minimum atomic E-state index is -1.17. The lowest BCUT2D eigenvalue weighted by Crippen LogP contribution is -2.47. The van der Waals surface area contributed by atoms with Crippen LogP contribution in [0.3, 0.4) is 0 Å². The van der Waals surface area contributed by atoms with Gasteiger partial charge in [-0.05, 0) is 20.8 Å². The molecule has 1 aliphatic rings. The molecule has 1 heterocycles. The van der Waals surface area contributed by atoms with E-state index in [2.05, 4.69) is 0 Å². The van der Waals surface area contributed by atoms with Gasteiger partial charge in [0.1, 0.15) is 5.76 Å². The van der Waals surface area contributed by atoms with Crippen molar-refractivity contribution >= 4 is 11.8 Å². The molecule has 84 valence electrons. The van der Waals surface area contributed by atoms with Gasteiger partial charge in [-0.15, -0.1) is 0 Å². The summed E-state index contributed by atoms with van der Waals surface area (Å²) in [5.74, 6) is -1.63. The van der Waals surface area contributed by atoms with Crippen molar-refractivity contribution in [1.82, 2.24) is 0 Å². The molecule has 1 rings (SSSR count). The number of esters is 1. The fourth-order valence-corrected chi connectivity index (χ4v) is 1.60. The SMILES string of the molecule is CC(=O)OC1(C)OC(C)=C(C)C(=O)C1C. The van der Waals surface area contributed by atoms with Gasteiger partial charge in [-0.3, -0.25) is 9.59 Å². The first-order valence-corrected chi connectivity index (χ1v) is 4.88. The average molecular weight is 212 g/mol. The van der Waals surface area contributed by atoms with E-state index in [4.69, 9.17) is 9.47 Å².